The van der Waals surface area contributed by atoms with Crippen molar-refractivity contribution in [2.75, 3.05) is 13.2 Å². The molecule has 130 valence electrons. The van der Waals surface area contributed by atoms with Gasteiger partial charge in [-0.25, -0.2) is 4.79 Å². The molecule has 1 atom stereocenters. The number of amides is 1. The lowest BCUT2D eigenvalue weighted by Gasteiger charge is -2.34. The zero-order chi connectivity index (χ0) is 17.9. The van der Waals surface area contributed by atoms with E-state index in [1.807, 2.05) is 39.0 Å². The number of carbonyl (C=O) groups is 2. The van der Waals surface area contributed by atoms with Crippen molar-refractivity contribution in [3.8, 4) is 0 Å². The summed E-state index contributed by atoms with van der Waals surface area (Å²) < 4.78 is 5.46. The maximum absolute atomic E-state index is 12.7. The Morgan fingerprint density at radius 2 is 2.04 bits per heavy atom. The third kappa shape index (κ3) is 3.81. The van der Waals surface area contributed by atoms with Gasteiger partial charge in [-0.15, -0.1) is 0 Å². The molecule has 1 heterocycles. The van der Waals surface area contributed by atoms with E-state index in [0.29, 0.717) is 29.4 Å². The van der Waals surface area contributed by atoms with E-state index in [2.05, 4.69) is 0 Å². The van der Waals surface area contributed by atoms with Gasteiger partial charge in [0.25, 0.3) is 0 Å². The number of nitrogens with zero attached hydrogens (tertiary/aromatic N) is 1. The zero-order valence-corrected chi connectivity index (χ0v) is 15.4. The van der Waals surface area contributed by atoms with Crippen LogP contribution in [0.2, 0.25) is 5.02 Å². The molecule has 1 aromatic rings. The third-order valence-electron chi connectivity index (χ3n) is 4.19. The Bertz CT molecular complexity index is 666. The lowest BCUT2D eigenvalue weighted by atomic mass is 9.83. The van der Waals surface area contributed by atoms with E-state index in [4.69, 9.17) is 16.3 Å². The second-order valence-corrected chi connectivity index (χ2v) is 6.81. The number of rotatable bonds is 5. The Kier molecular flexibility index (Phi) is 6.05. The van der Waals surface area contributed by atoms with Crippen LogP contribution in [0, 0.1) is 5.92 Å². The van der Waals surface area contributed by atoms with Gasteiger partial charge in [0, 0.05) is 29.6 Å². The van der Waals surface area contributed by atoms with Crippen molar-refractivity contribution in [2.45, 2.75) is 40.0 Å². The minimum atomic E-state index is -0.367. The van der Waals surface area contributed by atoms with Gasteiger partial charge in [-0.1, -0.05) is 43.6 Å². The second-order valence-electron chi connectivity index (χ2n) is 6.41. The first kappa shape index (κ1) is 18.5. The Hall–Kier alpha value is -1.81. The van der Waals surface area contributed by atoms with Gasteiger partial charge in [0.05, 0.1) is 12.2 Å². The monoisotopic (exact) mass is 349 g/mol. The molecule has 1 aliphatic rings. The summed E-state index contributed by atoms with van der Waals surface area (Å²) in [5.74, 6) is -0.479. The maximum atomic E-state index is 12.7. The Balaban J connectivity index is 2.47. The molecule has 2 rings (SSSR count). The largest absolute Gasteiger partial charge is 0.462 e. The van der Waals surface area contributed by atoms with Crippen LogP contribution in [-0.2, 0) is 14.3 Å². The standard InChI is InChI=1S/C19H24ClNO3/c1-5-21-13(4)18(19(23)24-11-12(2)3)15(10-17(21)22)14-8-6-7-9-16(14)20/h6-9,12,15H,5,10-11H2,1-4H3/t15-/m1/s1. The van der Waals surface area contributed by atoms with E-state index in [9.17, 15) is 9.59 Å². The van der Waals surface area contributed by atoms with Gasteiger partial charge in [0.15, 0.2) is 0 Å². The van der Waals surface area contributed by atoms with E-state index in [1.165, 1.54) is 0 Å². The summed E-state index contributed by atoms with van der Waals surface area (Å²) >= 11 is 6.32. The van der Waals surface area contributed by atoms with Crippen LogP contribution in [0.4, 0.5) is 0 Å². The van der Waals surface area contributed by atoms with Crippen LogP contribution < -0.4 is 0 Å². The average molecular weight is 350 g/mol. The van der Waals surface area contributed by atoms with E-state index in [1.54, 1.807) is 17.9 Å². The summed E-state index contributed by atoms with van der Waals surface area (Å²) in [6.45, 7) is 8.56. The molecule has 0 bridgehead atoms. The minimum Gasteiger partial charge on any atom is -0.462 e. The molecule has 0 saturated heterocycles. The molecule has 24 heavy (non-hydrogen) atoms. The predicted octanol–water partition coefficient (Wildman–Crippen LogP) is 4.15. The summed E-state index contributed by atoms with van der Waals surface area (Å²) in [4.78, 5) is 26.8. The molecule has 0 fully saturated rings. The molecule has 1 aromatic carbocycles. The third-order valence-corrected chi connectivity index (χ3v) is 4.53. The molecule has 0 spiro atoms. The van der Waals surface area contributed by atoms with Crippen LogP contribution in [0.3, 0.4) is 0 Å². The summed E-state index contributed by atoms with van der Waals surface area (Å²) in [7, 11) is 0. The van der Waals surface area contributed by atoms with Gasteiger partial charge >= 0.3 is 5.97 Å². The van der Waals surface area contributed by atoms with Gasteiger partial charge in [0.2, 0.25) is 5.91 Å². The smallest absolute Gasteiger partial charge is 0.336 e. The lowest BCUT2D eigenvalue weighted by molar-refractivity contribution is -0.141. The highest BCUT2D eigenvalue weighted by Crippen LogP contribution is 2.39. The minimum absolute atomic E-state index is 0.000305. The van der Waals surface area contributed by atoms with Crippen molar-refractivity contribution in [2.24, 2.45) is 5.92 Å². The quantitative estimate of drug-likeness (QED) is 0.750. The summed E-state index contributed by atoms with van der Waals surface area (Å²) in [6.07, 6.45) is 0.223. The zero-order valence-electron chi connectivity index (χ0n) is 14.6. The number of halogens is 1. The summed E-state index contributed by atoms with van der Waals surface area (Å²) in [6, 6.07) is 7.34. The van der Waals surface area contributed by atoms with Gasteiger partial charge in [0.1, 0.15) is 0 Å². The van der Waals surface area contributed by atoms with Crippen LogP contribution >= 0.6 is 11.6 Å². The first-order valence-corrected chi connectivity index (χ1v) is 8.67. The molecular formula is C19H24ClNO3. The van der Waals surface area contributed by atoms with E-state index in [-0.39, 0.29) is 30.1 Å². The van der Waals surface area contributed by atoms with E-state index >= 15 is 0 Å². The second kappa shape index (κ2) is 7.84. The molecule has 4 nitrogen and oxygen atoms in total. The van der Waals surface area contributed by atoms with Crippen molar-refractivity contribution in [1.82, 2.24) is 4.90 Å². The number of hydrogen-bond acceptors (Lipinski definition) is 3. The number of allylic oxidation sites excluding steroid dienone is 1. The van der Waals surface area contributed by atoms with Crippen LogP contribution in [0.5, 0.6) is 0 Å². The number of ether oxygens (including phenoxy) is 1. The molecule has 0 aromatic heterocycles. The van der Waals surface area contributed by atoms with E-state index in [0.717, 1.165) is 5.56 Å². The molecular weight excluding hydrogens is 326 g/mol. The molecule has 5 heteroatoms. The highest BCUT2D eigenvalue weighted by Gasteiger charge is 2.37. The SMILES string of the molecule is CCN1C(=O)C[C@H](c2ccccc2Cl)C(C(=O)OCC(C)C)=C1C. The van der Waals surface area contributed by atoms with Gasteiger partial charge in [-0.2, -0.15) is 0 Å². The molecule has 0 N–H and O–H groups in total. The lowest BCUT2D eigenvalue weighted by Crippen LogP contribution is -2.38. The Morgan fingerprint density at radius 1 is 1.38 bits per heavy atom. The van der Waals surface area contributed by atoms with Crippen LogP contribution in [0.25, 0.3) is 0 Å². The fourth-order valence-electron chi connectivity index (χ4n) is 3.02. The van der Waals surface area contributed by atoms with Crippen molar-refractivity contribution in [3.05, 3.63) is 46.1 Å². The van der Waals surface area contributed by atoms with Crippen molar-refractivity contribution < 1.29 is 14.3 Å². The molecule has 0 radical (unpaired) electrons. The van der Waals surface area contributed by atoms with Gasteiger partial charge in [-0.05, 0) is 31.4 Å². The summed E-state index contributed by atoms with van der Waals surface area (Å²) in [5.41, 5.74) is 1.98. The van der Waals surface area contributed by atoms with Crippen LogP contribution in [0.1, 0.15) is 45.6 Å². The molecule has 1 amide bonds. The highest BCUT2D eigenvalue weighted by molar-refractivity contribution is 6.31. The fraction of sp³-hybridized carbons (Fsp3) is 0.474. The van der Waals surface area contributed by atoms with Crippen LogP contribution in [-0.4, -0.2) is 29.9 Å². The van der Waals surface area contributed by atoms with Crippen molar-refractivity contribution in [1.29, 1.82) is 0 Å². The number of carbonyl (C=O) groups excluding carboxylic acids is 2. The first-order chi connectivity index (χ1) is 11.4. The number of esters is 1. The van der Waals surface area contributed by atoms with Gasteiger partial charge < -0.3 is 9.64 Å². The molecule has 0 saturated carbocycles. The topological polar surface area (TPSA) is 46.6 Å². The van der Waals surface area contributed by atoms with Gasteiger partial charge in [-0.3, -0.25) is 4.79 Å². The Morgan fingerprint density at radius 3 is 2.62 bits per heavy atom. The highest BCUT2D eigenvalue weighted by atomic mass is 35.5. The fourth-order valence-corrected chi connectivity index (χ4v) is 3.29. The average Bonchev–Trinajstić information content (AvgIpc) is 2.53. The van der Waals surface area contributed by atoms with E-state index < -0.39 is 0 Å². The number of benzene rings is 1. The Labute approximate surface area is 148 Å². The van der Waals surface area contributed by atoms with Crippen molar-refractivity contribution in [3.63, 3.8) is 0 Å². The predicted molar refractivity (Wildman–Crippen MR) is 94.7 cm³/mol. The maximum Gasteiger partial charge on any atom is 0.336 e. The molecule has 1 aliphatic heterocycles. The first-order valence-electron chi connectivity index (χ1n) is 8.29. The summed E-state index contributed by atoms with van der Waals surface area (Å²) in [5, 5.41) is 0.558. The van der Waals surface area contributed by atoms with Crippen LogP contribution in [0.15, 0.2) is 35.5 Å². The molecule has 0 aliphatic carbocycles. The molecule has 0 unspecified atom stereocenters. The normalized spacial score (nSPS) is 18.3. The van der Waals surface area contributed by atoms with Crippen molar-refractivity contribution >= 4 is 23.5 Å². The number of hydrogen-bond donors (Lipinski definition) is 0.